The maximum atomic E-state index is 12.8. The van der Waals surface area contributed by atoms with Gasteiger partial charge in [0, 0.05) is 36.2 Å². The fraction of sp³-hybridized carbons (Fsp3) is 0.364. The number of rotatable bonds is 9. The zero-order valence-electron chi connectivity index (χ0n) is 19.2. The summed E-state index contributed by atoms with van der Waals surface area (Å²) < 4.78 is 43.8. The smallest absolute Gasteiger partial charge is 0.254 e. The van der Waals surface area contributed by atoms with Gasteiger partial charge in [0.15, 0.2) is 11.5 Å². The Kier molecular flexibility index (Phi) is 8.89. The molecule has 0 atom stereocenters. The van der Waals surface area contributed by atoms with E-state index in [1.165, 1.54) is 31.8 Å². The number of benzene rings is 2. The van der Waals surface area contributed by atoms with Crippen LogP contribution >= 0.6 is 15.9 Å². The largest absolute Gasteiger partial charge is 0.493 e. The number of piperazine rings is 1. The maximum Gasteiger partial charge on any atom is 0.254 e. The highest BCUT2D eigenvalue weighted by Crippen LogP contribution is 2.38. The Morgan fingerprint density at radius 3 is 2.24 bits per heavy atom. The number of hydrogen-bond donors (Lipinski definition) is 1. The van der Waals surface area contributed by atoms with Crippen LogP contribution in [0.5, 0.6) is 17.2 Å². The van der Waals surface area contributed by atoms with Gasteiger partial charge in [-0.2, -0.15) is 9.41 Å². The molecule has 0 aromatic heterocycles. The molecule has 0 radical (unpaired) electrons. The number of hydrazone groups is 1. The molecule has 2 aromatic rings. The highest BCUT2D eigenvalue weighted by atomic mass is 79.9. The van der Waals surface area contributed by atoms with Gasteiger partial charge in [0.05, 0.1) is 39.0 Å². The third-order valence-corrected chi connectivity index (χ3v) is 7.72. The number of ether oxygens (including phenoxy) is 3. The van der Waals surface area contributed by atoms with Crippen LogP contribution in [0.3, 0.4) is 0 Å². The lowest BCUT2D eigenvalue weighted by atomic mass is 10.2. The lowest BCUT2D eigenvalue weighted by Gasteiger charge is -2.33. The summed E-state index contributed by atoms with van der Waals surface area (Å²) in [5.41, 5.74) is 3.10. The van der Waals surface area contributed by atoms with Gasteiger partial charge in [0.1, 0.15) is 0 Å². The number of methoxy groups -OCH3 is 3. The van der Waals surface area contributed by atoms with E-state index in [1.54, 1.807) is 36.4 Å². The van der Waals surface area contributed by atoms with E-state index >= 15 is 0 Å². The van der Waals surface area contributed by atoms with Gasteiger partial charge < -0.3 is 14.2 Å². The third kappa shape index (κ3) is 6.06. The molecule has 1 aliphatic heterocycles. The Morgan fingerprint density at radius 1 is 1.00 bits per heavy atom. The summed E-state index contributed by atoms with van der Waals surface area (Å²) in [5, 5.41) is 4.01. The average Bonchev–Trinajstić information content (AvgIpc) is 2.84. The maximum absolute atomic E-state index is 12.8. The molecule has 0 aliphatic carbocycles. The number of nitrogens with zero attached hydrogens (tertiary/aromatic N) is 3. The minimum absolute atomic E-state index is 0.104. The van der Waals surface area contributed by atoms with E-state index in [4.69, 9.17) is 14.2 Å². The van der Waals surface area contributed by atoms with Crippen LogP contribution < -0.4 is 19.6 Å². The third-order valence-electron chi connectivity index (χ3n) is 5.28. The van der Waals surface area contributed by atoms with E-state index in [1.807, 2.05) is 4.90 Å². The van der Waals surface area contributed by atoms with Gasteiger partial charge >= 0.3 is 0 Å². The Labute approximate surface area is 207 Å². The molecule has 10 nitrogen and oxygen atoms in total. The molecule has 34 heavy (non-hydrogen) atoms. The van der Waals surface area contributed by atoms with Crippen LogP contribution in [-0.4, -0.2) is 83.8 Å². The molecule has 0 bridgehead atoms. The molecular weight excluding hydrogens is 528 g/mol. The second-order valence-electron chi connectivity index (χ2n) is 7.35. The first-order valence-electron chi connectivity index (χ1n) is 10.4. The Hall–Kier alpha value is -2.67. The molecule has 1 N–H and O–H groups in total. The molecule has 1 amide bonds. The second kappa shape index (κ2) is 11.6. The summed E-state index contributed by atoms with van der Waals surface area (Å²) in [6.07, 6.45) is 1.46. The van der Waals surface area contributed by atoms with Gasteiger partial charge in [0.25, 0.3) is 5.91 Å². The van der Waals surface area contributed by atoms with Gasteiger partial charge in [0.2, 0.25) is 15.8 Å². The molecular formula is C22H27BrN4O6S. The zero-order valence-corrected chi connectivity index (χ0v) is 21.6. The predicted octanol–water partition coefficient (Wildman–Crippen LogP) is 1.93. The van der Waals surface area contributed by atoms with Crippen molar-refractivity contribution in [1.82, 2.24) is 14.6 Å². The molecule has 1 fully saturated rings. The lowest BCUT2D eigenvalue weighted by molar-refractivity contribution is -0.122. The number of sulfonamides is 1. The molecule has 12 heteroatoms. The van der Waals surface area contributed by atoms with Gasteiger partial charge in [-0.15, -0.1) is 0 Å². The van der Waals surface area contributed by atoms with E-state index in [0.717, 1.165) is 4.47 Å². The van der Waals surface area contributed by atoms with Gasteiger partial charge in [-0.3, -0.25) is 9.69 Å². The van der Waals surface area contributed by atoms with E-state index in [2.05, 4.69) is 26.5 Å². The van der Waals surface area contributed by atoms with Crippen molar-refractivity contribution < 1.29 is 27.4 Å². The molecule has 2 aromatic carbocycles. The zero-order chi connectivity index (χ0) is 24.7. The van der Waals surface area contributed by atoms with Crippen LogP contribution in [0.15, 0.2) is 50.9 Å². The fourth-order valence-corrected chi connectivity index (χ4v) is 5.21. The highest BCUT2D eigenvalue weighted by Gasteiger charge is 2.29. The molecule has 1 saturated heterocycles. The molecule has 0 saturated carbocycles. The topological polar surface area (TPSA) is 110 Å². The van der Waals surface area contributed by atoms with Crippen molar-refractivity contribution in [3.05, 3.63) is 46.4 Å². The minimum atomic E-state index is -3.56. The normalized spacial score (nSPS) is 15.3. The van der Waals surface area contributed by atoms with Crippen molar-refractivity contribution in [2.75, 3.05) is 54.1 Å². The van der Waals surface area contributed by atoms with Crippen LogP contribution in [0.2, 0.25) is 0 Å². The number of hydrogen-bond acceptors (Lipinski definition) is 8. The van der Waals surface area contributed by atoms with Crippen LogP contribution in [-0.2, 0) is 14.8 Å². The van der Waals surface area contributed by atoms with E-state index in [9.17, 15) is 13.2 Å². The van der Waals surface area contributed by atoms with Crippen LogP contribution in [0.4, 0.5) is 0 Å². The highest BCUT2D eigenvalue weighted by molar-refractivity contribution is 9.10. The van der Waals surface area contributed by atoms with Crippen molar-refractivity contribution in [3.8, 4) is 17.2 Å². The van der Waals surface area contributed by atoms with Crippen molar-refractivity contribution in [3.63, 3.8) is 0 Å². The summed E-state index contributed by atoms with van der Waals surface area (Å²) in [5.74, 6) is 1.07. The molecule has 1 heterocycles. The molecule has 3 rings (SSSR count). The van der Waals surface area contributed by atoms with E-state index in [-0.39, 0.29) is 17.3 Å². The Bertz CT molecular complexity index is 1130. The van der Waals surface area contributed by atoms with Gasteiger partial charge in [-0.05, 0) is 36.4 Å². The van der Waals surface area contributed by atoms with Gasteiger partial charge in [-0.25, -0.2) is 13.8 Å². The first kappa shape index (κ1) is 25.9. The summed E-state index contributed by atoms with van der Waals surface area (Å²) in [4.78, 5) is 14.5. The molecule has 0 spiro atoms. The van der Waals surface area contributed by atoms with Gasteiger partial charge in [-0.1, -0.05) is 15.9 Å². The summed E-state index contributed by atoms with van der Waals surface area (Å²) in [6, 6.07) is 10.00. The SMILES string of the molecule is COc1ccc(C=NNC(=O)CN2CCN(S(=O)(=O)c3ccc(Br)cc3)CC2)c(OC)c1OC. The standard InChI is InChI=1S/C22H27BrN4O6S/c1-31-19-9-4-16(21(32-2)22(19)33-3)14-24-25-20(28)15-26-10-12-27(13-11-26)34(29,30)18-7-5-17(23)6-8-18/h4-9,14H,10-13,15H2,1-3H3,(H,25,28). The second-order valence-corrected chi connectivity index (χ2v) is 10.2. The molecule has 0 unspecified atom stereocenters. The van der Waals surface area contributed by atoms with Crippen molar-refractivity contribution in [1.29, 1.82) is 0 Å². The number of carbonyl (C=O) groups excluding carboxylic acids is 1. The minimum Gasteiger partial charge on any atom is -0.493 e. The summed E-state index contributed by atoms with van der Waals surface area (Å²) in [7, 11) is 0.977. The first-order valence-corrected chi connectivity index (χ1v) is 12.6. The number of halogens is 1. The monoisotopic (exact) mass is 554 g/mol. The Morgan fingerprint density at radius 2 is 1.65 bits per heavy atom. The van der Waals surface area contributed by atoms with E-state index < -0.39 is 10.0 Å². The summed E-state index contributed by atoms with van der Waals surface area (Å²) in [6.45, 7) is 1.59. The molecule has 1 aliphatic rings. The predicted molar refractivity (Wildman–Crippen MR) is 131 cm³/mol. The quantitative estimate of drug-likeness (QED) is 0.372. The number of carbonyl (C=O) groups is 1. The van der Waals surface area contributed by atoms with Crippen molar-refractivity contribution in [2.45, 2.75) is 4.90 Å². The van der Waals surface area contributed by atoms with E-state index in [0.29, 0.717) is 49.0 Å². The van der Waals surface area contributed by atoms with Crippen molar-refractivity contribution in [2.24, 2.45) is 5.10 Å². The summed E-state index contributed by atoms with van der Waals surface area (Å²) >= 11 is 3.31. The van der Waals surface area contributed by atoms with Crippen LogP contribution in [0, 0.1) is 0 Å². The first-order chi connectivity index (χ1) is 16.3. The fourth-order valence-electron chi connectivity index (χ4n) is 3.52. The Balaban J connectivity index is 1.53. The average molecular weight is 555 g/mol. The number of nitrogens with one attached hydrogen (secondary N) is 1. The van der Waals surface area contributed by atoms with Crippen molar-refractivity contribution >= 4 is 38.1 Å². The van der Waals surface area contributed by atoms with Crippen LogP contribution in [0.1, 0.15) is 5.56 Å². The lowest BCUT2D eigenvalue weighted by Crippen LogP contribution is -2.50. The number of amides is 1. The molecule has 184 valence electrons. The van der Waals surface area contributed by atoms with Crippen LogP contribution in [0.25, 0.3) is 0 Å².